The summed E-state index contributed by atoms with van der Waals surface area (Å²) in [5, 5.41) is 2.84. The van der Waals surface area contributed by atoms with Crippen molar-refractivity contribution in [3.63, 3.8) is 0 Å². The van der Waals surface area contributed by atoms with E-state index in [4.69, 9.17) is 14.2 Å². The number of nitrogens with one attached hydrogen (secondary N) is 1. The molecule has 0 saturated carbocycles. The largest absolute Gasteiger partial charge is 0.497 e. The number of hydrogen-bond acceptors (Lipinski definition) is 6. The first-order valence-corrected chi connectivity index (χ1v) is 12.9. The van der Waals surface area contributed by atoms with Gasteiger partial charge in [-0.25, -0.2) is 8.42 Å². The Bertz CT molecular complexity index is 1260. The number of rotatable bonds is 12. The zero-order valence-corrected chi connectivity index (χ0v) is 21.8. The standard InChI is InChI=1S/C27H32N2O6S/c1-20-7-11-22(12-8-20)29(36(31,32)24-15-16-25(34-3)26(18-24)35-4)19-27(30)28-17-5-6-21-9-13-23(33-2)14-10-21/h7-16,18H,5-6,17,19H2,1-4H3,(H,28,30). The molecule has 36 heavy (non-hydrogen) atoms. The Morgan fingerprint density at radius 1 is 0.861 bits per heavy atom. The van der Waals surface area contributed by atoms with Gasteiger partial charge in [0.25, 0.3) is 10.0 Å². The van der Waals surface area contributed by atoms with Crippen molar-refractivity contribution < 1.29 is 27.4 Å². The number of amides is 1. The summed E-state index contributed by atoms with van der Waals surface area (Å²) < 4.78 is 44.0. The quantitative estimate of drug-likeness (QED) is 0.369. The minimum atomic E-state index is -4.07. The zero-order chi connectivity index (χ0) is 26.1. The van der Waals surface area contributed by atoms with Gasteiger partial charge in [-0.15, -0.1) is 0 Å². The van der Waals surface area contributed by atoms with E-state index in [0.29, 0.717) is 24.4 Å². The number of carbonyl (C=O) groups excluding carboxylic acids is 1. The Morgan fingerprint density at radius 3 is 2.14 bits per heavy atom. The van der Waals surface area contributed by atoms with Crippen LogP contribution in [0.2, 0.25) is 0 Å². The molecule has 0 unspecified atom stereocenters. The summed E-state index contributed by atoms with van der Waals surface area (Å²) in [5.74, 6) is 1.09. The van der Waals surface area contributed by atoms with Crippen LogP contribution < -0.4 is 23.8 Å². The maximum Gasteiger partial charge on any atom is 0.264 e. The van der Waals surface area contributed by atoms with Crippen molar-refractivity contribution in [1.29, 1.82) is 0 Å². The van der Waals surface area contributed by atoms with Gasteiger partial charge in [0.05, 0.1) is 31.9 Å². The molecule has 0 saturated heterocycles. The monoisotopic (exact) mass is 512 g/mol. The van der Waals surface area contributed by atoms with Gasteiger partial charge in [-0.3, -0.25) is 9.10 Å². The predicted octanol–water partition coefficient (Wildman–Crippen LogP) is 3.97. The summed E-state index contributed by atoms with van der Waals surface area (Å²) in [6, 6.07) is 19.1. The molecule has 1 N–H and O–H groups in total. The molecule has 0 spiro atoms. The molecule has 0 atom stereocenters. The van der Waals surface area contributed by atoms with E-state index in [0.717, 1.165) is 27.6 Å². The van der Waals surface area contributed by atoms with Crippen molar-refractivity contribution in [3.8, 4) is 17.2 Å². The van der Waals surface area contributed by atoms with Crippen LogP contribution in [0.4, 0.5) is 5.69 Å². The second-order valence-electron chi connectivity index (χ2n) is 8.17. The molecule has 0 aromatic heterocycles. The molecule has 0 aliphatic carbocycles. The number of sulfonamides is 1. The molecule has 192 valence electrons. The third-order valence-electron chi connectivity index (χ3n) is 5.68. The van der Waals surface area contributed by atoms with Gasteiger partial charge < -0.3 is 19.5 Å². The summed E-state index contributed by atoms with van der Waals surface area (Å²) >= 11 is 0. The molecule has 0 radical (unpaired) electrons. The fourth-order valence-corrected chi connectivity index (χ4v) is 5.07. The number of ether oxygens (including phenoxy) is 3. The summed E-state index contributed by atoms with van der Waals surface area (Å²) in [6.07, 6.45) is 1.49. The third kappa shape index (κ3) is 6.69. The number of hydrogen-bond donors (Lipinski definition) is 1. The average Bonchev–Trinajstić information content (AvgIpc) is 2.90. The molecule has 3 rings (SSSR count). The topological polar surface area (TPSA) is 94.2 Å². The third-order valence-corrected chi connectivity index (χ3v) is 7.45. The Labute approximate surface area is 212 Å². The molecular formula is C27H32N2O6S. The fourth-order valence-electron chi connectivity index (χ4n) is 3.63. The number of carbonyl (C=O) groups is 1. The van der Waals surface area contributed by atoms with Gasteiger partial charge in [-0.05, 0) is 61.7 Å². The molecule has 0 fully saturated rings. The molecule has 3 aromatic carbocycles. The highest BCUT2D eigenvalue weighted by atomic mass is 32.2. The summed E-state index contributed by atoms with van der Waals surface area (Å²) in [4.78, 5) is 12.8. The van der Waals surface area contributed by atoms with E-state index in [1.165, 1.54) is 32.4 Å². The van der Waals surface area contributed by atoms with E-state index in [1.807, 2.05) is 31.2 Å². The molecule has 8 nitrogen and oxygen atoms in total. The van der Waals surface area contributed by atoms with E-state index >= 15 is 0 Å². The van der Waals surface area contributed by atoms with Crippen LogP contribution in [0.3, 0.4) is 0 Å². The molecule has 1 amide bonds. The van der Waals surface area contributed by atoms with Crippen LogP contribution in [-0.2, 0) is 21.2 Å². The van der Waals surface area contributed by atoms with Crippen molar-refractivity contribution in [2.45, 2.75) is 24.7 Å². The van der Waals surface area contributed by atoms with Crippen molar-refractivity contribution in [1.82, 2.24) is 5.32 Å². The normalized spacial score (nSPS) is 11.0. The molecular weight excluding hydrogens is 480 g/mol. The van der Waals surface area contributed by atoms with Gasteiger partial charge in [-0.2, -0.15) is 0 Å². The number of nitrogens with zero attached hydrogens (tertiary/aromatic N) is 1. The smallest absolute Gasteiger partial charge is 0.264 e. The predicted molar refractivity (Wildman–Crippen MR) is 140 cm³/mol. The van der Waals surface area contributed by atoms with Crippen LogP contribution in [0.25, 0.3) is 0 Å². The van der Waals surface area contributed by atoms with Crippen LogP contribution >= 0.6 is 0 Å². The second kappa shape index (κ2) is 12.3. The summed E-state index contributed by atoms with van der Waals surface area (Å²) in [6.45, 7) is 1.97. The number of benzene rings is 3. The number of methoxy groups -OCH3 is 3. The van der Waals surface area contributed by atoms with E-state index in [-0.39, 0.29) is 17.2 Å². The van der Waals surface area contributed by atoms with Crippen LogP contribution in [0.5, 0.6) is 17.2 Å². The van der Waals surface area contributed by atoms with Crippen molar-refractivity contribution in [3.05, 3.63) is 77.9 Å². The van der Waals surface area contributed by atoms with Gasteiger partial charge >= 0.3 is 0 Å². The zero-order valence-electron chi connectivity index (χ0n) is 21.0. The lowest BCUT2D eigenvalue weighted by Gasteiger charge is -2.24. The molecule has 0 bridgehead atoms. The lowest BCUT2D eigenvalue weighted by molar-refractivity contribution is -0.119. The van der Waals surface area contributed by atoms with E-state index in [9.17, 15) is 13.2 Å². The summed E-state index contributed by atoms with van der Waals surface area (Å²) in [5.41, 5.74) is 2.50. The lowest BCUT2D eigenvalue weighted by atomic mass is 10.1. The Balaban J connectivity index is 1.74. The summed E-state index contributed by atoms with van der Waals surface area (Å²) in [7, 11) is 0.458. The number of aryl methyl sites for hydroxylation is 2. The van der Waals surface area contributed by atoms with Gasteiger partial charge in [-0.1, -0.05) is 29.8 Å². The first-order chi connectivity index (χ1) is 17.3. The minimum Gasteiger partial charge on any atom is -0.497 e. The van der Waals surface area contributed by atoms with Crippen LogP contribution in [-0.4, -0.2) is 48.7 Å². The SMILES string of the molecule is COc1ccc(CCCNC(=O)CN(c2ccc(C)cc2)S(=O)(=O)c2ccc(OC)c(OC)c2)cc1. The highest BCUT2D eigenvalue weighted by molar-refractivity contribution is 7.92. The van der Waals surface area contributed by atoms with Gasteiger partial charge in [0.1, 0.15) is 12.3 Å². The maximum atomic E-state index is 13.6. The Kier molecular flexibility index (Phi) is 9.19. The van der Waals surface area contributed by atoms with Crippen molar-refractivity contribution >= 4 is 21.6 Å². The maximum absolute atomic E-state index is 13.6. The minimum absolute atomic E-state index is 0.00645. The Hall–Kier alpha value is -3.72. The highest BCUT2D eigenvalue weighted by Crippen LogP contribution is 2.32. The second-order valence-corrected chi connectivity index (χ2v) is 10.0. The van der Waals surface area contributed by atoms with Crippen molar-refractivity contribution in [2.24, 2.45) is 0 Å². The van der Waals surface area contributed by atoms with Crippen LogP contribution in [0.1, 0.15) is 17.5 Å². The van der Waals surface area contributed by atoms with Crippen molar-refractivity contribution in [2.75, 3.05) is 38.7 Å². The molecule has 0 aliphatic rings. The lowest BCUT2D eigenvalue weighted by Crippen LogP contribution is -2.41. The molecule has 3 aromatic rings. The van der Waals surface area contributed by atoms with E-state index < -0.39 is 15.9 Å². The molecule has 9 heteroatoms. The first-order valence-electron chi connectivity index (χ1n) is 11.5. The fraction of sp³-hybridized carbons (Fsp3) is 0.296. The van der Waals surface area contributed by atoms with E-state index in [1.54, 1.807) is 31.4 Å². The highest BCUT2D eigenvalue weighted by Gasteiger charge is 2.28. The van der Waals surface area contributed by atoms with Crippen LogP contribution in [0.15, 0.2) is 71.6 Å². The van der Waals surface area contributed by atoms with Gasteiger partial charge in [0.2, 0.25) is 5.91 Å². The first kappa shape index (κ1) is 26.9. The van der Waals surface area contributed by atoms with Gasteiger partial charge in [0, 0.05) is 12.6 Å². The van der Waals surface area contributed by atoms with E-state index in [2.05, 4.69) is 5.32 Å². The van der Waals surface area contributed by atoms with Crippen LogP contribution in [0, 0.1) is 6.92 Å². The molecule has 0 aliphatic heterocycles. The number of anilines is 1. The Morgan fingerprint density at radius 2 is 1.53 bits per heavy atom. The average molecular weight is 513 g/mol. The molecule has 0 heterocycles. The van der Waals surface area contributed by atoms with Gasteiger partial charge in [0.15, 0.2) is 11.5 Å².